The van der Waals surface area contributed by atoms with Gasteiger partial charge in [0, 0.05) is 4.47 Å². The molecule has 0 atom stereocenters. The first-order valence-electron chi connectivity index (χ1n) is 6.68. The summed E-state index contributed by atoms with van der Waals surface area (Å²) < 4.78 is 30.6. The molecule has 0 saturated carbocycles. The number of benzene rings is 1. The summed E-state index contributed by atoms with van der Waals surface area (Å²) in [6.45, 7) is 4.59. The van der Waals surface area contributed by atoms with Gasteiger partial charge in [-0.1, -0.05) is 22.9 Å². The van der Waals surface area contributed by atoms with E-state index in [0.717, 1.165) is 30.4 Å². The number of nitrogens with one attached hydrogen (secondary N) is 1. The highest BCUT2D eigenvalue weighted by Gasteiger charge is 2.27. The van der Waals surface area contributed by atoms with Crippen molar-refractivity contribution < 1.29 is 13.2 Å². The van der Waals surface area contributed by atoms with Crippen LogP contribution in [0.2, 0.25) is 0 Å². The van der Waals surface area contributed by atoms with Crippen molar-refractivity contribution >= 4 is 25.8 Å². The highest BCUT2D eigenvalue weighted by molar-refractivity contribution is 9.10. The summed E-state index contributed by atoms with van der Waals surface area (Å²) in [7, 11) is -3.36. The first-order valence-corrected chi connectivity index (χ1v) is 9.13. The minimum Gasteiger partial charge on any atom is -0.365 e. The third-order valence-electron chi connectivity index (χ3n) is 3.67. The summed E-state index contributed by atoms with van der Waals surface area (Å²) >= 11 is 3.29. The summed E-state index contributed by atoms with van der Waals surface area (Å²) in [5.41, 5.74) is 0.0838. The van der Waals surface area contributed by atoms with Crippen molar-refractivity contribution in [1.82, 2.24) is 5.32 Å². The molecule has 1 aliphatic rings. The fourth-order valence-electron chi connectivity index (χ4n) is 2.28. The van der Waals surface area contributed by atoms with Gasteiger partial charge >= 0.3 is 0 Å². The number of piperidine rings is 1. The van der Waals surface area contributed by atoms with E-state index in [1.807, 2.05) is 0 Å². The molecule has 0 amide bonds. The lowest BCUT2D eigenvalue weighted by molar-refractivity contribution is 0.0577. The zero-order chi connectivity index (χ0) is 14.6. The predicted molar refractivity (Wildman–Crippen MR) is 82.4 cm³/mol. The van der Waals surface area contributed by atoms with Crippen LogP contribution in [-0.2, 0) is 14.6 Å². The van der Waals surface area contributed by atoms with Gasteiger partial charge in [0.05, 0.1) is 11.5 Å². The van der Waals surface area contributed by atoms with Crippen molar-refractivity contribution in [2.24, 2.45) is 5.41 Å². The average molecular weight is 362 g/mol. The number of rotatable bonds is 5. The van der Waals surface area contributed by atoms with Crippen LogP contribution in [0, 0.1) is 5.41 Å². The molecular weight excluding hydrogens is 342 g/mol. The normalized spacial score (nSPS) is 18.9. The van der Waals surface area contributed by atoms with E-state index in [2.05, 4.69) is 28.2 Å². The second-order valence-electron chi connectivity index (χ2n) is 5.60. The van der Waals surface area contributed by atoms with Gasteiger partial charge < -0.3 is 10.1 Å². The van der Waals surface area contributed by atoms with Crippen LogP contribution < -0.4 is 5.32 Å². The number of sulfone groups is 1. The van der Waals surface area contributed by atoms with Crippen molar-refractivity contribution in [3.63, 3.8) is 0 Å². The summed E-state index contributed by atoms with van der Waals surface area (Å²) in [6, 6.07) is 6.63. The molecule has 112 valence electrons. The average Bonchev–Trinajstić information content (AvgIpc) is 2.39. The van der Waals surface area contributed by atoms with Crippen LogP contribution in [0.15, 0.2) is 33.6 Å². The van der Waals surface area contributed by atoms with Gasteiger partial charge in [-0.05, 0) is 55.6 Å². The summed E-state index contributed by atoms with van der Waals surface area (Å²) in [5, 5.41) is 3.30. The lowest BCUT2D eigenvalue weighted by Gasteiger charge is -2.33. The molecule has 1 aromatic carbocycles. The lowest BCUT2D eigenvalue weighted by Crippen LogP contribution is -2.38. The topological polar surface area (TPSA) is 55.4 Å². The first-order chi connectivity index (χ1) is 9.41. The molecule has 1 saturated heterocycles. The molecule has 0 bridgehead atoms. The van der Waals surface area contributed by atoms with Crippen molar-refractivity contribution in [1.29, 1.82) is 0 Å². The van der Waals surface area contributed by atoms with Crippen LogP contribution in [0.5, 0.6) is 0 Å². The number of halogens is 1. The highest BCUT2D eigenvalue weighted by Crippen LogP contribution is 2.28. The number of ether oxygens (including phenoxy) is 1. The smallest absolute Gasteiger partial charge is 0.202 e. The molecule has 1 heterocycles. The van der Waals surface area contributed by atoms with E-state index in [4.69, 9.17) is 4.74 Å². The Balaban J connectivity index is 1.91. The predicted octanol–water partition coefficient (Wildman–Crippen LogP) is 2.59. The van der Waals surface area contributed by atoms with Crippen molar-refractivity contribution in [3.8, 4) is 0 Å². The molecule has 2 rings (SSSR count). The van der Waals surface area contributed by atoms with Crippen molar-refractivity contribution in [2.45, 2.75) is 24.7 Å². The standard InChI is InChI=1S/C14H20BrNO3S/c1-14(6-8-16-9-7-14)10-19-11-20(17,18)13-4-2-12(15)3-5-13/h2-5,16H,6-11H2,1H3. The Labute approximate surface area is 129 Å². The van der Waals surface area contributed by atoms with Crippen LogP contribution in [0.1, 0.15) is 19.8 Å². The zero-order valence-corrected chi connectivity index (χ0v) is 14.0. The fourth-order valence-corrected chi connectivity index (χ4v) is 3.54. The van der Waals surface area contributed by atoms with E-state index in [1.54, 1.807) is 24.3 Å². The molecule has 4 nitrogen and oxygen atoms in total. The molecule has 1 aromatic rings. The van der Waals surface area contributed by atoms with Gasteiger partial charge in [-0.15, -0.1) is 0 Å². The van der Waals surface area contributed by atoms with Gasteiger partial charge in [0.15, 0.2) is 5.94 Å². The molecule has 0 aromatic heterocycles. The molecule has 1 fully saturated rings. The summed E-state index contributed by atoms with van der Waals surface area (Å²) in [5.74, 6) is -0.252. The Kier molecular flexibility index (Phi) is 5.23. The third-order valence-corrected chi connectivity index (χ3v) is 5.67. The van der Waals surface area contributed by atoms with E-state index in [-0.39, 0.29) is 11.4 Å². The second kappa shape index (κ2) is 6.56. The molecule has 0 spiro atoms. The maximum absolute atomic E-state index is 12.1. The Hall–Kier alpha value is -0.430. The van der Waals surface area contributed by atoms with Gasteiger partial charge in [-0.3, -0.25) is 0 Å². The van der Waals surface area contributed by atoms with Crippen LogP contribution in [0.4, 0.5) is 0 Å². The van der Waals surface area contributed by atoms with Gasteiger partial charge in [-0.2, -0.15) is 0 Å². The third kappa shape index (κ3) is 4.28. The monoisotopic (exact) mass is 361 g/mol. The maximum Gasteiger partial charge on any atom is 0.202 e. The van der Waals surface area contributed by atoms with E-state index < -0.39 is 9.84 Å². The molecule has 20 heavy (non-hydrogen) atoms. The van der Waals surface area contributed by atoms with Crippen LogP contribution in [0.25, 0.3) is 0 Å². The minimum atomic E-state index is -3.36. The second-order valence-corrected chi connectivity index (χ2v) is 8.45. The van der Waals surface area contributed by atoms with Crippen molar-refractivity contribution in [2.75, 3.05) is 25.6 Å². The first kappa shape index (κ1) is 15.9. The Bertz CT molecular complexity index is 536. The molecule has 0 aliphatic carbocycles. The van der Waals surface area contributed by atoms with E-state index in [1.165, 1.54) is 0 Å². The van der Waals surface area contributed by atoms with Gasteiger partial charge in [-0.25, -0.2) is 8.42 Å². The van der Waals surface area contributed by atoms with E-state index in [9.17, 15) is 8.42 Å². The molecule has 0 unspecified atom stereocenters. The Morgan fingerprint density at radius 1 is 1.25 bits per heavy atom. The van der Waals surface area contributed by atoms with E-state index in [0.29, 0.717) is 11.5 Å². The summed E-state index contributed by atoms with van der Waals surface area (Å²) in [6.07, 6.45) is 2.04. The minimum absolute atomic E-state index is 0.0838. The molecule has 1 N–H and O–H groups in total. The van der Waals surface area contributed by atoms with Gasteiger partial charge in [0.2, 0.25) is 9.84 Å². The maximum atomic E-state index is 12.1. The Morgan fingerprint density at radius 2 is 1.85 bits per heavy atom. The van der Waals surface area contributed by atoms with Crippen LogP contribution in [0.3, 0.4) is 0 Å². The SMILES string of the molecule is CC1(COCS(=O)(=O)c2ccc(Br)cc2)CCNCC1. The van der Waals surface area contributed by atoms with Gasteiger partial charge in [0.25, 0.3) is 0 Å². The van der Waals surface area contributed by atoms with E-state index >= 15 is 0 Å². The largest absolute Gasteiger partial charge is 0.365 e. The number of hydrogen-bond donors (Lipinski definition) is 1. The fraction of sp³-hybridized carbons (Fsp3) is 0.571. The quantitative estimate of drug-likeness (QED) is 0.875. The van der Waals surface area contributed by atoms with Gasteiger partial charge in [0.1, 0.15) is 0 Å². The lowest BCUT2D eigenvalue weighted by atomic mass is 9.82. The van der Waals surface area contributed by atoms with Crippen LogP contribution >= 0.6 is 15.9 Å². The zero-order valence-electron chi connectivity index (χ0n) is 11.6. The summed E-state index contributed by atoms with van der Waals surface area (Å²) in [4.78, 5) is 0.302. The van der Waals surface area contributed by atoms with Crippen LogP contribution in [-0.4, -0.2) is 34.1 Å². The molecule has 0 radical (unpaired) electrons. The van der Waals surface area contributed by atoms with Crippen molar-refractivity contribution in [3.05, 3.63) is 28.7 Å². The Morgan fingerprint density at radius 3 is 2.45 bits per heavy atom. The molecular formula is C14H20BrNO3S. The number of hydrogen-bond acceptors (Lipinski definition) is 4. The molecule has 6 heteroatoms. The highest BCUT2D eigenvalue weighted by atomic mass is 79.9. The molecule has 1 aliphatic heterocycles.